The zero-order chi connectivity index (χ0) is 22.8. The average molecular weight is 434 g/mol. The molecule has 0 aliphatic carbocycles. The quantitative estimate of drug-likeness (QED) is 0.292. The fraction of sp³-hybridized carbons (Fsp3) is 0.231. The predicted molar refractivity (Wildman–Crippen MR) is 123 cm³/mol. The Morgan fingerprint density at radius 2 is 1.88 bits per heavy atom. The summed E-state index contributed by atoms with van der Waals surface area (Å²) < 4.78 is 28.9. The molecule has 6 heteroatoms. The highest BCUT2D eigenvalue weighted by molar-refractivity contribution is 6.10. The number of aryl methyl sites for hydroxylation is 1. The number of nitrogens with zero attached hydrogens (tertiary/aromatic N) is 2. The van der Waals surface area contributed by atoms with Crippen LogP contribution in [-0.2, 0) is 13.0 Å². The second-order valence-corrected chi connectivity index (χ2v) is 8.27. The number of pyridine rings is 1. The zero-order valence-electron chi connectivity index (χ0n) is 18.1. The molecule has 4 nitrogen and oxygen atoms in total. The average Bonchev–Trinajstić information content (AvgIpc) is 3.08. The van der Waals surface area contributed by atoms with Gasteiger partial charge in [-0.3, -0.25) is 9.78 Å². The van der Waals surface area contributed by atoms with Gasteiger partial charge in [0, 0.05) is 34.9 Å². The third-order valence-electron chi connectivity index (χ3n) is 5.63. The zero-order valence-corrected chi connectivity index (χ0v) is 18.1. The Morgan fingerprint density at radius 3 is 2.56 bits per heavy atom. The first-order valence-electron chi connectivity index (χ1n) is 10.6. The highest BCUT2D eigenvalue weighted by Gasteiger charge is 2.24. The highest BCUT2D eigenvalue weighted by Crippen LogP contribution is 2.34. The van der Waals surface area contributed by atoms with Crippen LogP contribution in [0.3, 0.4) is 0 Å². The summed E-state index contributed by atoms with van der Waals surface area (Å²) in [7, 11) is 0. The number of hydrogen-bond acceptors (Lipinski definition) is 3. The van der Waals surface area contributed by atoms with Crippen LogP contribution in [0, 0.1) is 11.6 Å². The molecule has 0 aliphatic rings. The lowest BCUT2D eigenvalue weighted by Gasteiger charge is -2.15. The summed E-state index contributed by atoms with van der Waals surface area (Å²) in [6, 6.07) is 15.1. The molecule has 0 bridgehead atoms. The molecule has 164 valence electrons. The van der Waals surface area contributed by atoms with Crippen LogP contribution < -0.4 is 5.73 Å². The monoisotopic (exact) mass is 433 g/mol. The molecule has 2 N–H and O–H groups in total. The number of halogens is 2. The van der Waals surface area contributed by atoms with Crippen molar-refractivity contribution in [2.24, 2.45) is 0 Å². The Bertz CT molecular complexity index is 1280. The Balaban J connectivity index is 1.76. The van der Waals surface area contributed by atoms with Crippen molar-refractivity contribution in [3.8, 4) is 0 Å². The number of rotatable bonds is 7. The van der Waals surface area contributed by atoms with E-state index in [-0.39, 0.29) is 18.1 Å². The number of aromatic nitrogens is 2. The van der Waals surface area contributed by atoms with Crippen LogP contribution in [-0.4, -0.2) is 15.3 Å². The number of Topliss-reactive ketones (excluding diaryl/α,β-unsaturated/α-hetero) is 1. The van der Waals surface area contributed by atoms with Gasteiger partial charge in [0.15, 0.2) is 17.4 Å². The maximum atomic E-state index is 13.6. The number of hydrogen-bond donors (Lipinski definition) is 1. The molecule has 0 fully saturated rings. The molecule has 0 spiro atoms. The summed E-state index contributed by atoms with van der Waals surface area (Å²) in [4.78, 5) is 17.9. The molecule has 2 aromatic heterocycles. The van der Waals surface area contributed by atoms with E-state index in [9.17, 15) is 13.6 Å². The second-order valence-electron chi connectivity index (χ2n) is 8.27. The van der Waals surface area contributed by atoms with E-state index in [1.807, 2.05) is 30.3 Å². The number of carbonyl (C=O) groups excluding carboxylic acids is 1. The minimum Gasteiger partial charge on any atom is -0.399 e. The lowest BCUT2D eigenvalue weighted by molar-refractivity contribution is 0.0983. The molecule has 32 heavy (non-hydrogen) atoms. The first-order valence-corrected chi connectivity index (χ1v) is 10.6. The SMILES string of the molecule is CC(C)c1c(C(=O)CCc2ccc(F)c(F)c2)c2ccc(N)cc2n1Cc1ccccn1. The third-order valence-corrected chi connectivity index (χ3v) is 5.63. The van der Waals surface area contributed by atoms with Gasteiger partial charge in [-0.2, -0.15) is 0 Å². The molecule has 0 aliphatic heterocycles. The van der Waals surface area contributed by atoms with Gasteiger partial charge in [-0.15, -0.1) is 0 Å². The molecule has 0 amide bonds. The van der Waals surface area contributed by atoms with Crippen LogP contribution in [0.1, 0.15) is 53.5 Å². The largest absolute Gasteiger partial charge is 0.399 e. The number of nitrogen functional groups attached to an aromatic ring is 1. The molecule has 4 rings (SSSR count). The van der Waals surface area contributed by atoms with E-state index in [1.54, 1.807) is 12.3 Å². The van der Waals surface area contributed by atoms with E-state index in [0.29, 0.717) is 29.8 Å². The van der Waals surface area contributed by atoms with Gasteiger partial charge in [-0.25, -0.2) is 8.78 Å². The number of benzene rings is 2. The minimum absolute atomic E-state index is 0.0343. The van der Waals surface area contributed by atoms with Gasteiger partial charge >= 0.3 is 0 Å². The lowest BCUT2D eigenvalue weighted by Crippen LogP contribution is -2.11. The molecule has 0 unspecified atom stereocenters. The van der Waals surface area contributed by atoms with Gasteiger partial charge in [-0.1, -0.05) is 32.0 Å². The maximum absolute atomic E-state index is 13.6. The Labute approximate surface area is 185 Å². The van der Waals surface area contributed by atoms with Crippen LogP contribution >= 0.6 is 0 Å². The van der Waals surface area contributed by atoms with Crippen molar-refractivity contribution in [3.63, 3.8) is 0 Å². The smallest absolute Gasteiger partial charge is 0.165 e. The molecule has 4 aromatic rings. The van der Waals surface area contributed by atoms with E-state index in [2.05, 4.69) is 23.4 Å². The van der Waals surface area contributed by atoms with Crippen LogP contribution in [0.2, 0.25) is 0 Å². The first-order chi connectivity index (χ1) is 15.3. The van der Waals surface area contributed by atoms with E-state index >= 15 is 0 Å². The number of ketones is 1. The summed E-state index contributed by atoms with van der Waals surface area (Å²) in [6.45, 7) is 4.63. The van der Waals surface area contributed by atoms with E-state index < -0.39 is 11.6 Å². The topological polar surface area (TPSA) is 60.9 Å². The Morgan fingerprint density at radius 1 is 1.06 bits per heavy atom. The lowest BCUT2D eigenvalue weighted by atomic mass is 9.96. The Hall–Kier alpha value is -3.54. The minimum atomic E-state index is -0.903. The standard InChI is InChI=1S/C26H25F2N3O/c1-16(2)26-25(24(32)11-7-17-6-10-21(27)22(28)13-17)20-9-8-18(29)14-23(20)31(26)15-19-5-3-4-12-30-19/h3-6,8-10,12-14,16H,7,11,15,29H2,1-2H3. The Kier molecular flexibility index (Phi) is 6.04. The molecular formula is C26H25F2N3O. The molecular weight excluding hydrogens is 408 g/mol. The highest BCUT2D eigenvalue weighted by atomic mass is 19.2. The van der Waals surface area contributed by atoms with Crippen LogP contribution in [0.25, 0.3) is 10.9 Å². The maximum Gasteiger partial charge on any atom is 0.165 e. The van der Waals surface area contributed by atoms with Crippen molar-refractivity contribution < 1.29 is 13.6 Å². The van der Waals surface area contributed by atoms with Crippen molar-refractivity contribution in [2.75, 3.05) is 5.73 Å². The summed E-state index contributed by atoms with van der Waals surface area (Å²) in [5.74, 6) is -1.75. The number of anilines is 1. The van der Waals surface area contributed by atoms with Crippen molar-refractivity contribution in [2.45, 2.75) is 39.2 Å². The van der Waals surface area contributed by atoms with Gasteiger partial charge in [0.1, 0.15) is 0 Å². The first kappa shape index (κ1) is 21.7. The fourth-order valence-corrected chi connectivity index (χ4v) is 4.18. The van der Waals surface area contributed by atoms with Crippen LogP contribution in [0.4, 0.5) is 14.5 Å². The third kappa shape index (κ3) is 4.26. The molecule has 0 saturated carbocycles. The molecule has 0 saturated heterocycles. The van der Waals surface area contributed by atoms with Crippen molar-refractivity contribution in [1.82, 2.24) is 9.55 Å². The van der Waals surface area contributed by atoms with Gasteiger partial charge < -0.3 is 10.3 Å². The second kappa shape index (κ2) is 8.91. The number of fused-ring (bicyclic) bond motifs is 1. The molecule has 2 heterocycles. The summed E-state index contributed by atoms with van der Waals surface area (Å²) >= 11 is 0. The molecule has 2 aromatic carbocycles. The number of nitrogens with two attached hydrogens (primary N) is 1. The van der Waals surface area contributed by atoms with Crippen LogP contribution in [0.15, 0.2) is 60.8 Å². The van der Waals surface area contributed by atoms with E-state index in [0.717, 1.165) is 34.4 Å². The summed E-state index contributed by atoms with van der Waals surface area (Å²) in [6.07, 6.45) is 2.27. The summed E-state index contributed by atoms with van der Waals surface area (Å²) in [5, 5.41) is 0.842. The van der Waals surface area contributed by atoms with Gasteiger partial charge in [0.25, 0.3) is 0 Å². The van der Waals surface area contributed by atoms with Gasteiger partial charge in [0.2, 0.25) is 0 Å². The van der Waals surface area contributed by atoms with Crippen molar-refractivity contribution in [3.05, 3.63) is 94.9 Å². The molecule has 0 atom stereocenters. The van der Waals surface area contributed by atoms with Gasteiger partial charge in [-0.05, 0) is 54.3 Å². The van der Waals surface area contributed by atoms with E-state index in [1.165, 1.54) is 6.07 Å². The van der Waals surface area contributed by atoms with Crippen molar-refractivity contribution in [1.29, 1.82) is 0 Å². The van der Waals surface area contributed by atoms with Gasteiger partial charge in [0.05, 0.1) is 17.8 Å². The summed E-state index contributed by atoms with van der Waals surface area (Å²) in [5.41, 5.74) is 10.6. The van der Waals surface area contributed by atoms with E-state index in [4.69, 9.17) is 5.73 Å². The fourth-order valence-electron chi connectivity index (χ4n) is 4.18. The van der Waals surface area contributed by atoms with Crippen LogP contribution in [0.5, 0.6) is 0 Å². The van der Waals surface area contributed by atoms with Crippen molar-refractivity contribution >= 4 is 22.4 Å². The normalized spacial score (nSPS) is 11.4. The predicted octanol–water partition coefficient (Wildman–Crippen LogP) is 5.88. The molecule has 0 radical (unpaired) electrons. The number of carbonyl (C=O) groups is 1.